The predicted molar refractivity (Wildman–Crippen MR) is 109 cm³/mol. The third-order valence-corrected chi connectivity index (χ3v) is 4.49. The van der Waals surface area contributed by atoms with E-state index in [2.05, 4.69) is 25.7 Å². The van der Waals surface area contributed by atoms with Gasteiger partial charge in [-0.15, -0.1) is 0 Å². The summed E-state index contributed by atoms with van der Waals surface area (Å²) < 4.78 is 30.1. The lowest BCUT2D eigenvalue weighted by Gasteiger charge is -2.17. The summed E-state index contributed by atoms with van der Waals surface area (Å²) in [5.74, 6) is -2.95. The molecular weight excluding hydrogens is 390 g/mol. The highest BCUT2D eigenvalue weighted by atomic mass is 19.3. The maximum Gasteiger partial charge on any atom is 0.320 e. The first-order chi connectivity index (χ1) is 14.4. The van der Waals surface area contributed by atoms with Crippen LogP contribution >= 0.6 is 0 Å². The number of halogens is 2. The molecule has 0 bridgehead atoms. The van der Waals surface area contributed by atoms with Gasteiger partial charge in [0.2, 0.25) is 0 Å². The van der Waals surface area contributed by atoms with Gasteiger partial charge in [-0.25, -0.2) is 14.5 Å². The van der Waals surface area contributed by atoms with Crippen molar-refractivity contribution in [1.82, 2.24) is 25.1 Å². The molecule has 3 aromatic heterocycles. The van der Waals surface area contributed by atoms with Crippen LogP contribution in [-0.2, 0) is 5.92 Å². The second-order valence-electron chi connectivity index (χ2n) is 6.72. The number of hydrogen-bond donors (Lipinski definition) is 2. The van der Waals surface area contributed by atoms with E-state index >= 15 is 0 Å². The average Bonchev–Trinajstić information content (AvgIpc) is 3.16. The molecule has 2 amide bonds. The quantitative estimate of drug-likeness (QED) is 0.522. The summed E-state index contributed by atoms with van der Waals surface area (Å²) in [6.07, 6.45) is 4.89. The summed E-state index contributed by atoms with van der Waals surface area (Å²) in [6.45, 7) is 1.06. The normalized spacial score (nSPS) is 11.4. The fourth-order valence-corrected chi connectivity index (χ4v) is 3.00. The summed E-state index contributed by atoms with van der Waals surface area (Å²) in [5, 5.41) is 9.75. The topological polar surface area (TPSA) is 84.7 Å². The zero-order valence-electron chi connectivity index (χ0n) is 16.0. The van der Waals surface area contributed by atoms with Gasteiger partial charge >= 0.3 is 6.03 Å². The van der Waals surface area contributed by atoms with E-state index in [1.165, 1.54) is 24.3 Å². The van der Waals surface area contributed by atoms with Crippen molar-refractivity contribution < 1.29 is 13.6 Å². The molecule has 0 saturated heterocycles. The van der Waals surface area contributed by atoms with Gasteiger partial charge in [-0.05, 0) is 25.1 Å². The standard InChI is InChI=1S/C21H18F2N6O/c1-14-9-17(7-8-24-14)29-18-12-25-19(10-15(18)11-27-29)28-20(30)26-13-21(22,23)16-5-3-2-4-6-16/h2-12H,13H2,1H3,(H2,25,26,28,30). The number of nitrogens with zero attached hydrogens (tertiary/aromatic N) is 4. The van der Waals surface area contributed by atoms with Gasteiger partial charge in [0, 0.05) is 22.8 Å². The lowest BCUT2D eigenvalue weighted by atomic mass is 10.1. The van der Waals surface area contributed by atoms with Gasteiger partial charge in [-0.3, -0.25) is 10.3 Å². The molecule has 0 saturated carbocycles. The van der Waals surface area contributed by atoms with Crippen molar-refractivity contribution in [2.45, 2.75) is 12.8 Å². The number of pyridine rings is 2. The van der Waals surface area contributed by atoms with Crippen molar-refractivity contribution in [1.29, 1.82) is 0 Å². The van der Waals surface area contributed by atoms with Crippen LogP contribution in [0, 0.1) is 6.92 Å². The van der Waals surface area contributed by atoms with E-state index in [-0.39, 0.29) is 11.4 Å². The molecular formula is C21H18F2N6O. The highest BCUT2D eigenvalue weighted by molar-refractivity contribution is 5.91. The second-order valence-corrected chi connectivity index (χ2v) is 6.72. The van der Waals surface area contributed by atoms with Crippen molar-refractivity contribution in [3.8, 4) is 5.69 Å². The molecule has 4 aromatic rings. The first-order valence-corrected chi connectivity index (χ1v) is 9.17. The van der Waals surface area contributed by atoms with Crippen molar-refractivity contribution in [3.63, 3.8) is 0 Å². The van der Waals surface area contributed by atoms with Gasteiger partial charge in [0.15, 0.2) is 0 Å². The first kappa shape index (κ1) is 19.4. The van der Waals surface area contributed by atoms with Crippen LogP contribution in [0.15, 0.2) is 67.1 Å². The molecule has 9 heteroatoms. The Bertz CT molecular complexity index is 1190. The minimum absolute atomic E-state index is 0.163. The number of aromatic nitrogens is 4. The SMILES string of the molecule is Cc1cc(-n2ncc3cc(NC(=O)NCC(F)(F)c4ccccc4)ncc32)ccn1. The number of hydrogen-bond acceptors (Lipinski definition) is 4. The van der Waals surface area contributed by atoms with Gasteiger partial charge in [0.05, 0.1) is 30.1 Å². The number of benzene rings is 1. The molecule has 0 atom stereocenters. The minimum Gasteiger partial charge on any atom is -0.331 e. The average molecular weight is 408 g/mol. The molecule has 0 aliphatic rings. The van der Waals surface area contributed by atoms with E-state index in [4.69, 9.17) is 0 Å². The molecule has 152 valence electrons. The van der Waals surface area contributed by atoms with E-state index in [0.717, 1.165) is 22.3 Å². The van der Waals surface area contributed by atoms with Crippen molar-refractivity contribution >= 4 is 22.8 Å². The predicted octanol–water partition coefficient (Wildman–Crippen LogP) is 4.04. The number of alkyl halides is 2. The van der Waals surface area contributed by atoms with E-state index in [0.29, 0.717) is 0 Å². The summed E-state index contributed by atoms with van der Waals surface area (Å²) in [5.41, 5.74) is 2.26. The second kappa shape index (κ2) is 7.86. The number of nitrogens with one attached hydrogen (secondary N) is 2. The van der Waals surface area contributed by atoms with Crippen molar-refractivity contribution in [3.05, 3.63) is 78.4 Å². The highest BCUT2D eigenvalue weighted by Crippen LogP contribution is 2.26. The van der Waals surface area contributed by atoms with Gasteiger partial charge in [0.1, 0.15) is 5.82 Å². The molecule has 0 aliphatic heterocycles. The zero-order valence-corrected chi connectivity index (χ0v) is 16.0. The molecule has 4 rings (SSSR count). The third kappa shape index (κ3) is 4.09. The molecule has 0 radical (unpaired) electrons. The van der Waals surface area contributed by atoms with Crippen LogP contribution in [0.1, 0.15) is 11.3 Å². The fourth-order valence-electron chi connectivity index (χ4n) is 3.00. The summed E-state index contributed by atoms with van der Waals surface area (Å²) >= 11 is 0. The molecule has 2 N–H and O–H groups in total. The van der Waals surface area contributed by atoms with E-state index in [1.807, 2.05) is 19.1 Å². The van der Waals surface area contributed by atoms with Crippen LogP contribution in [-0.4, -0.2) is 32.3 Å². The van der Waals surface area contributed by atoms with Gasteiger partial charge in [0.25, 0.3) is 5.92 Å². The number of fused-ring (bicyclic) bond motifs is 1. The van der Waals surface area contributed by atoms with Crippen LogP contribution < -0.4 is 10.6 Å². The minimum atomic E-state index is -3.18. The Kier molecular flexibility index (Phi) is 5.09. The lowest BCUT2D eigenvalue weighted by Crippen LogP contribution is -2.37. The zero-order chi connectivity index (χ0) is 21.1. The van der Waals surface area contributed by atoms with Crippen LogP contribution in [0.25, 0.3) is 16.6 Å². The molecule has 30 heavy (non-hydrogen) atoms. The van der Waals surface area contributed by atoms with Crippen LogP contribution in [0.4, 0.5) is 19.4 Å². The van der Waals surface area contributed by atoms with Gasteiger partial charge in [-0.2, -0.15) is 13.9 Å². The molecule has 1 aromatic carbocycles. The number of carbonyl (C=O) groups is 1. The third-order valence-electron chi connectivity index (χ3n) is 4.49. The maximum absolute atomic E-state index is 14.2. The smallest absolute Gasteiger partial charge is 0.320 e. The molecule has 0 spiro atoms. The number of urea groups is 1. The molecule has 0 aliphatic carbocycles. The summed E-state index contributed by atoms with van der Waals surface area (Å²) in [6, 6.07) is 11.9. The summed E-state index contributed by atoms with van der Waals surface area (Å²) in [7, 11) is 0. The van der Waals surface area contributed by atoms with Crippen molar-refractivity contribution in [2.24, 2.45) is 0 Å². The number of anilines is 1. The lowest BCUT2D eigenvalue weighted by molar-refractivity contribution is -0.0000848. The maximum atomic E-state index is 14.2. The molecule has 0 fully saturated rings. The van der Waals surface area contributed by atoms with Crippen LogP contribution in [0.2, 0.25) is 0 Å². The molecule has 3 heterocycles. The first-order valence-electron chi connectivity index (χ1n) is 9.17. The van der Waals surface area contributed by atoms with Gasteiger partial charge < -0.3 is 5.32 Å². The Morgan fingerprint density at radius 2 is 1.90 bits per heavy atom. The molecule has 0 unspecified atom stereocenters. The van der Waals surface area contributed by atoms with E-state index in [9.17, 15) is 13.6 Å². The van der Waals surface area contributed by atoms with Crippen LogP contribution in [0.3, 0.4) is 0 Å². The largest absolute Gasteiger partial charge is 0.331 e. The van der Waals surface area contributed by atoms with Crippen molar-refractivity contribution in [2.75, 3.05) is 11.9 Å². The number of aryl methyl sites for hydroxylation is 1. The Balaban J connectivity index is 1.45. The van der Waals surface area contributed by atoms with Gasteiger partial charge in [-0.1, -0.05) is 30.3 Å². The fraction of sp³-hybridized carbons (Fsp3) is 0.143. The Morgan fingerprint density at radius 1 is 1.10 bits per heavy atom. The monoisotopic (exact) mass is 408 g/mol. The Morgan fingerprint density at radius 3 is 2.67 bits per heavy atom. The number of rotatable bonds is 5. The molecule has 7 nitrogen and oxygen atoms in total. The Labute approximate surface area is 170 Å². The van der Waals surface area contributed by atoms with E-state index in [1.54, 1.807) is 35.4 Å². The Hall–Kier alpha value is -3.88. The highest BCUT2D eigenvalue weighted by Gasteiger charge is 2.31. The number of amides is 2. The van der Waals surface area contributed by atoms with E-state index < -0.39 is 18.5 Å². The number of carbonyl (C=O) groups excluding carboxylic acids is 1. The van der Waals surface area contributed by atoms with Crippen LogP contribution in [0.5, 0.6) is 0 Å². The summed E-state index contributed by atoms with van der Waals surface area (Å²) in [4.78, 5) is 20.4.